The van der Waals surface area contributed by atoms with Gasteiger partial charge < -0.3 is 9.47 Å². The number of rotatable bonds is 9. The van der Waals surface area contributed by atoms with Crippen LogP contribution in [0.3, 0.4) is 0 Å². The largest absolute Gasteiger partial charge is 0.462 e. The summed E-state index contributed by atoms with van der Waals surface area (Å²) in [6.07, 6.45) is 0.803. The standard InChI is InChI=1S/C30H29FO4/c1-6-21(18-34-29(32)19(2)3)22-7-9-24(10-8-22)27-16-13-25(17-28(27)31)23-11-14-26(15-12-23)35-30(33)20(4)5/h7-17,21H,2,4,6,18H2,1,3,5H3. The van der Waals surface area contributed by atoms with E-state index in [1.54, 1.807) is 44.2 Å². The molecule has 0 bridgehead atoms. The molecule has 4 nitrogen and oxygen atoms in total. The Morgan fingerprint density at radius 3 is 1.94 bits per heavy atom. The fourth-order valence-corrected chi connectivity index (χ4v) is 3.52. The van der Waals surface area contributed by atoms with E-state index in [1.165, 1.54) is 6.07 Å². The highest BCUT2D eigenvalue weighted by Gasteiger charge is 2.14. The van der Waals surface area contributed by atoms with Gasteiger partial charge in [-0.05, 0) is 60.7 Å². The van der Waals surface area contributed by atoms with E-state index in [-0.39, 0.29) is 18.3 Å². The topological polar surface area (TPSA) is 52.6 Å². The lowest BCUT2D eigenvalue weighted by Crippen LogP contribution is -2.12. The van der Waals surface area contributed by atoms with Gasteiger partial charge in [0.15, 0.2) is 0 Å². The molecule has 3 rings (SSSR count). The predicted molar refractivity (Wildman–Crippen MR) is 137 cm³/mol. The van der Waals surface area contributed by atoms with Crippen LogP contribution < -0.4 is 4.74 Å². The number of hydrogen-bond donors (Lipinski definition) is 0. The average Bonchev–Trinajstić information content (AvgIpc) is 2.85. The van der Waals surface area contributed by atoms with Crippen LogP contribution in [0.1, 0.15) is 38.7 Å². The molecular formula is C30H29FO4. The van der Waals surface area contributed by atoms with Crippen molar-refractivity contribution < 1.29 is 23.5 Å². The van der Waals surface area contributed by atoms with E-state index >= 15 is 4.39 Å². The average molecular weight is 473 g/mol. The van der Waals surface area contributed by atoms with Crippen molar-refractivity contribution in [3.63, 3.8) is 0 Å². The third-order valence-corrected chi connectivity index (χ3v) is 5.67. The molecule has 0 spiro atoms. The Labute approximate surface area is 205 Å². The first kappa shape index (κ1) is 25.6. The molecule has 0 heterocycles. The predicted octanol–water partition coefficient (Wildman–Crippen LogP) is 7.25. The molecule has 1 unspecified atom stereocenters. The van der Waals surface area contributed by atoms with Crippen LogP contribution in [0, 0.1) is 5.82 Å². The van der Waals surface area contributed by atoms with Gasteiger partial charge in [0.2, 0.25) is 0 Å². The summed E-state index contributed by atoms with van der Waals surface area (Å²) < 4.78 is 25.5. The number of carbonyl (C=O) groups is 2. The first-order valence-corrected chi connectivity index (χ1v) is 11.4. The van der Waals surface area contributed by atoms with Crippen LogP contribution in [-0.4, -0.2) is 18.5 Å². The lowest BCUT2D eigenvalue weighted by molar-refractivity contribution is -0.139. The number of esters is 2. The normalized spacial score (nSPS) is 11.4. The van der Waals surface area contributed by atoms with Crippen molar-refractivity contribution in [2.45, 2.75) is 33.1 Å². The minimum Gasteiger partial charge on any atom is -0.462 e. The lowest BCUT2D eigenvalue weighted by Gasteiger charge is -2.16. The maximum absolute atomic E-state index is 15.0. The SMILES string of the molecule is C=C(C)C(=O)OCC(CC)c1ccc(-c2ccc(-c3ccc(OC(=O)C(=C)C)cc3)cc2F)cc1. The summed E-state index contributed by atoms with van der Waals surface area (Å²) in [4.78, 5) is 23.3. The number of halogens is 1. The van der Waals surface area contributed by atoms with Gasteiger partial charge in [-0.2, -0.15) is 0 Å². The highest BCUT2D eigenvalue weighted by atomic mass is 19.1. The summed E-state index contributed by atoms with van der Waals surface area (Å²) >= 11 is 0. The van der Waals surface area contributed by atoms with E-state index < -0.39 is 11.9 Å². The van der Waals surface area contributed by atoms with Gasteiger partial charge in [0, 0.05) is 22.6 Å². The number of carbonyl (C=O) groups excluding carboxylic acids is 2. The van der Waals surface area contributed by atoms with Crippen molar-refractivity contribution in [2.24, 2.45) is 0 Å². The molecule has 0 aromatic heterocycles. The second kappa shape index (κ2) is 11.4. The highest BCUT2D eigenvalue weighted by Crippen LogP contribution is 2.30. The first-order chi connectivity index (χ1) is 16.7. The molecule has 180 valence electrons. The fourth-order valence-electron chi connectivity index (χ4n) is 3.52. The minimum absolute atomic E-state index is 0.0530. The first-order valence-electron chi connectivity index (χ1n) is 11.4. The van der Waals surface area contributed by atoms with E-state index in [9.17, 15) is 9.59 Å². The molecule has 0 aliphatic heterocycles. The molecule has 0 saturated heterocycles. The Kier molecular flexibility index (Phi) is 8.37. The van der Waals surface area contributed by atoms with Crippen LogP contribution in [0.25, 0.3) is 22.3 Å². The minimum atomic E-state index is -0.489. The molecule has 0 fully saturated rings. The summed E-state index contributed by atoms with van der Waals surface area (Å²) in [5.74, 6) is -0.770. The van der Waals surface area contributed by atoms with Crippen LogP contribution in [0.15, 0.2) is 91.0 Å². The molecule has 1 atom stereocenters. The zero-order chi connectivity index (χ0) is 25.5. The molecule has 0 aliphatic carbocycles. The van der Waals surface area contributed by atoms with Gasteiger partial charge in [0.05, 0.1) is 6.61 Å². The third kappa shape index (κ3) is 6.54. The highest BCUT2D eigenvalue weighted by molar-refractivity contribution is 5.89. The van der Waals surface area contributed by atoms with Crippen LogP contribution in [0.4, 0.5) is 4.39 Å². The van der Waals surface area contributed by atoms with Gasteiger partial charge >= 0.3 is 11.9 Å². The van der Waals surface area contributed by atoms with Crippen molar-refractivity contribution in [2.75, 3.05) is 6.61 Å². The molecular weight excluding hydrogens is 443 g/mol. The van der Waals surface area contributed by atoms with E-state index in [4.69, 9.17) is 9.47 Å². The Hall–Kier alpha value is -3.99. The summed E-state index contributed by atoms with van der Waals surface area (Å²) in [5, 5.41) is 0. The number of ether oxygens (including phenoxy) is 2. The van der Waals surface area contributed by atoms with Crippen LogP contribution in [-0.2, 0) is 14.3 Å². The smallest absolute Gasteiger partial charge is 0.338 e. The Bertz CT molecular complexity index is 1240. The van der Waals surface area contributed by atoms with Gasteiger partial charge in [-0.25, -0.2) is 14.0 Å². The fraction of sp³-hybridized carbons (Fsp3) is 0.200. The summed E-state index contributed by atoms with van der Waals surface area (Å²) in [6, 6.07) is 19.6. The lowest BCUT2D eigenvalue weighted by atomic mass is 9.94. The van der Waals surface area contributed by atoms with E-state index in [2.05, 4.69) is 13.2 Å². The van der Waals surface area contributed by atoms with E-state index in [0.29, 0.717) is 28.0 Å². The molecule has 0 aliphatic rings. The van der Waals surface area contributed by atoms with Crippen molar-refractivity contribution in [1.29, 1.82) is 0 Å². The molecule has 0 N–H and O–H groups in total. The molecule has 0 radical (unpaired) electrons. The van der Waals surface area contributed by atoms with Crippen molar-refractivity contribution >= 4 is 11.9 Å². The molecule has 0 saturated carbocycles. The summed E-state index contributed by atoms with van der Waals surface area (Å²) in [7, 11) is 0. The summed E-state index contributed by atoms with van der Waals surface area (Å²) in [6.45, 7) is 12.7. The molecule has 3 aromatic rings. The Morgan fingerprint density at radius 1 is 0.829 bits per heavy atom. The second-order valence-corrected chi connectivity index (χ2v) is 8.49. The van der Waals surface area contributed by atoms with E-state index in [1.807, 2.05) is 37.3 Å². The summed E-state index contributed by atoms with van der Waals surface area (Å²) in [5.41, 5.74) is 4.48. The monoisotopic (exact) mass is 472 g/mol. The van der Waals surface area contributed by atoms with E-state index in [0.717, 1.165) is 23.1 Å². The maximum Gasteiger partial charge on any atom is 0.338 e. The number of hydrogen-bond acceptors (Lipinski definition) is 4. The Morgan fingerprint density at radius 2 is 1.40 bits per heavy atom. The molecule has 3 aromatic carbocycles. The molecule has 5 heteroatoms. The van der Waals surface area contributed by atoms with Crippen molar-refractivity contribution in [3.8, 4) is 28.0 Å². The van der Waals surface area contributed by atoms with Gasteiger partial charge in [-0.1, -0.05) is 68.6 Å². The van der Waals surface area contributed by atoms with Crippen molar-refractivity contribution in [1.82, 2.24) is 0 Å². The van der Waals surface area contributed by atoms with Gasteiger partial charge in [-0.3, -0.25) is 0 Å². The van der Waals surface area contributed by atoms with Gasteiger partial charge in [0.25, 0.3) is 0 Å². The van der Waals surface area contributed by atoms with Crippen LogP contribution in [0.2, 0.25) is 0 Å². The third-order valence-electron chi connectivity index (χ3n) is 5.67. The quantitative estimate of drug-likeness (QED) is 0.187. The zero-order valence-corrected chi connectivity index (χ0v) is 20.3. The second-order valence-electron chi connectivity index (χ2n) is 8.49. The van der Waals surface area contributed by atoms with Gasteiger partial charge in [-0.15, -0.1) is 0 Å². The zero-order valence-electron chi connectivity index (χ0n) is 20.3. The number of benzene rings is 3. The molecule has 0 amide bonds. The molecule has 35 heavy (non-hydrogen) atoms. The van der Waals surface area contributed by atoms with Crippen molar-refractivity contribution in [3.05, 3.63) is 102 Å². The van der Waals surface area contributed by atoms with Gasteiger partial charge in [0.1, 0.15) is 11.6 Å². The maximum atomic E-state index is 15.0. The van der Waals surface area contributed by atoms with Crippen LogP contribution >= 0.6 is 0 Å². The Balaban J connectivity index is 1.73. The van der Waals surface area contributed by atoms with Crippen LogP contribution in [0.5, 0.6) is 5.75 Å².